The molecular weight excluding hydrogens is 710 g/mol. The van der Waals surface area contributed by atoms with Crippen molar-refractivity contribution in [3.8, 4) is 39.8 Å². The van der Waals surface area contributed by atoms with E-state index in [1.807, 2.05) is 6.07 Å². The summed E-state index contributed by atoms with van der Waals surface area (Å²) >= 11 is 0. The molecule has 0 fully saturated rings. The molecule has 1 atom stereocenters. The zero-order valence-corrected chi connectivity index (χ0v) is 28.4. The van der Waals surface area contributed by atoms with Gasteiger partial charge in [0.05, 0.1) is 22.1 Å². The minimum absolute atomic E-state index is 0.447. The summed E-state index contributed by atoms with van der Waals surface area (Å²) in [7, 11) is 0. The van der Waals surface area contributed by atoms with E-state index < -0.39 is 80.1 Å². The van der Waals surface area contributed by atoms with Crippen molar-refractivity contribution >= 4 is 10.8 Å². The molecule has 1 unspecified atom stereocenters. The van der Waals surface area contributed by atoms with Gasteiger partial charge in [0.25, 0.3) is 0 Å². The van der Waals surface area contributed by atoms with Gasteiger partial charge in [-0.15, -0.1) is 0 Å². The van der Waals surface area contributed by atoms with Crippen LogP contribution in [0.25, 0.3) is 33.0 Å². The summed E-state index contributed by atoms with van der Waals surface area (Å²) in [5.74, 6) is -6.00. The number of hydrogen-bond acceptors (Lipinski definition) is 1. The molecule has 1 nitrogen and oxygen atoms in total. The quantitative estimate of drug-likeness (QED) is 0.0787. The zero-order chi connectivity index (χ0) is 38.1. The van der Waals surface area contributed by atoms with Gasteiger partial charge in [-0.05, 0) is 88.7 Å². The number of unbranched alkanes of at least 4 members (excludes halogenated alkanes) is 3. The molecule has 1 aliphatic rings. The van der Waals surface area contributed by atoms with E-state index in [9.17, 15) is 22.0 Å². The predicted octanol–water partition coefficient (Wildman–Crippen LogP) is 13.0. The first-order valence-electron chi connectivity index (χ1n) is 17.1. The molecule has 5 aromatic rings. The van der Waals surface area contributed by atoms with E-state index in [4.69, 9.17) is 4.74 Å². The molecule has 0 aromatic heterocycles. The number of aryl methyl sites for hydroxylation is 1. The molecule has 53 heavy (non-hydrogen) atoms. The number of rotatable bonds is 10. The van der Waals surface area contributed by atoms with Gasteiger partial charge in [0.1, 0.15) is 29.0 Å². The maximum atomic E-state index is 15.3. The van der Waals surface area contributed by atoms with Crippen LogP contribution >= 0.6 is 0 Å². The van der Waals surface area contributed by atoms with Crippen LogP contribution in [-0.2, 0) is 19.0 Å². The van der Waals surface area contributed by atoms with Crippen molar-refractivity contribution in [1.82, 2.24) is 0 Å². The van der Waals surface area contributed by atoms with Crippen LogP contribution in [0.2, 0.25) is 0 Å². The molecule has 0 heterocycles. The Kier molecular flexibility index (Phi) is 10.8. The molecule has 0 N–H and O–H groups in total. The van der Waals surface area contributed by atoms with Gasteiger partial charge in [0.2, 0.25) is 0 Å². The summed E-state index contributed by atoms with van der Waals surface area (Å²) < 4.78 is 147. The monoisotopic (exact) mass is 742 g/mol. The van der Waals surface area contributed by atoms with Gasteiger partial charge in [-0.3, -0.25) is 0 Å². The van der Waals surface area contributed by atoms with Crippen molar-refractivity contribution in [1.29, 1.82) is 0 Å². The highest BCUT2D eigenvalue weighted by Crippen LogP contribution is 2.39. The number of ether oxygens (including phenoxy) is 1. The van der Waals surface area contributed by atoms with Crippen LogP contribution in [0.5, 0.6) is 5.75 Å². The lowest BCUT2D eigenvalue weighted by atomic mass is 9.80. The van der Waals surface area contributed by atoms with Gasteiger partial charge in [-0.2, -0.15) is 22.0 Å². The van der Waals surface area contributed by atoms with Crippen LogP contribution in [0, 0.1) is 46.8 Å². The minimum atomic E-state index is -5.09. The zero-order valence-electron chi connectivity index (χ0n) is 28.4. The Morgan fingerprint density at radius 1 is 0.698 bits per heavy atom. The molecule has 0 saturated carbocycles. The average molecular weight is 743 g/mol. The third-order valence-corrected chi connectivity index (χ3v) is 9.52. The molecule has 0 bridgehead atoms. The number of halogens is 10. The van der Waals surface area contributed by atoms with Crippen molar-refractivity contribution in [2.45, 2.75) is 70.6 Å². The summed E-state index contributed by atoms with van der Waals surface area (Å²) in [6.45, 7) is 2.19. The molecule has 11 heteroatoms. The molecule has 0 spiro atoms. The van der Waals surface area contributed by atoms with Crippen LogP contribution < -0.4 is 4.74 Å². The van der Waals surface area contributed by atoms with Crippen molar-refractivity contribution in [2.24, 2.45) is 5.92 Å². The lowest BCUT2D eigenvalue weighted by Crippen LogP contribution is -2.22. The standard InChI is InChI=1S/C42H32F10O/c1-2-3-4-5-6-24-7-8-28-18-27(10-9-26(28)17-24)25-11-13-31(14-12-25)42(51,52)53-32-22-36(45)38(37(46)23-32)29-19-30-20-34(43)33(15-16-41(48,49)50)40(47)39(30)35(44)21-29/h9-14,18-24H,2-8,17H2,1H3. The Labute approximate surface area is 299 Å². The van der Waals surface area contributed by atoms with E-state index in [-0.39, 0.29) is 0 Å². The van der Waals surface area contributed by atoms with Crippen LogP contribution in [0.3, 0.4) is 0 Å². The number of fused-ring (bicyclic) bond motifs is 2. The fraction of sp³-hybridized carbons (Fsp3) is 0.286. The van der Waals surface area contributed by atoms with Crippen LogP contribution in [0.4, 0.5) is 43.9 Å². The number of alkyl halides is 5. The van der Waals surface area contributed by atoms with Gasteiger partial charge in [0.15, 0.2) is 5.82 Å². The van der Waals surface area contributed by atoms with Gasteiger partial charge < -0.3 is 4.74 Å². The first-order valence-corrected chi connectivity index (χ1v) is 17.1. The van der Waals surface area contributed by atoms with Crippen molar-refractivity contribution < 1.29 is 48.6 Å². The van der Waals surface area contributed by atoms with Crippen molar-refractivity contribution in [3.05, 3.63) is 124 Å². The molecular formula is C42H32F10O. The van der Waals surface area contributed by atoms with Crippen LogP contribution in [0.1, 0.15) is 67.7 Å². The average Bonchev–Trinajstić information content (AvgIpc) is 3.08. The van der Waals surface area contributed by atoms with E-state index in [1.165, 1.54) is 61.3 Å². The second-order valence-electron chi connectivity index (χ2n) is 13.3. The summed E-state index contributed by atoms with van der Waals surface area (Å²) in [5, 5.41) is -1.56. The normalized spacial score (nSPS) is 14.5. The number of hydrogen-bond donors (Lipinski definition) is 0. The Morgan fingerprint density at radius 3 is 2.08 bits per heavy atom. The van der Waals surface area contributed by atoms with Gasteiger partial charge in [-0.25, -0.2) is 22.0 Å². The Hall–Kier alpha value is -4.98. The van der Waals surface area contributed by atoms with E-state index in [0.29, 0.717) is 41.7 Å². The first-order chi connectivity index (χ1) is 25.1. The fourth-order valence-electron chi connectivity index (χ4n) is 6.87. The third kappa shape index (κ3) is 8.48. The summed E-state index contributed by atoms with van der Waals surface area (Å²) in [6.07, 6.45) is 0.142. The van der Waals surface area contributed by atoms with Crippen molar-refractivity contribution in [2.75, 3.05) is 0 Å². The topological polar surface area (TPSA) is 9.23 Å². The lowest BCUT2D eigenvalue weighted by molar-refractivity contribution is -0.185. The van der Waals surface area contributed by atoms with E-state index in [2.05, 4.69) is 19.1 Å². The molecule has 276 valence electrons. The molecule has 0 saturated heterocycles. The minimum Gasteiger partial charge on any atom is -0.429 e. The highest BCUT2D eigenvalue weighted by molar-refractivity contribution is 5.90. The maximum Gasteiger partial charge on any atom is 0.458 e. The van der Waals surface area contributed by atoms with Crippen LogP contribution in [-0.4, -0.2) is 6.18 Å². The van der Waals surface area contributed by atoms with E-state index >= 15 is 22.0 Å². The van der Waals surface area contributed by atoms with Gasteiger partial charge >= 0.3 is 12.3 Å². The first kappa shape index (κ1) is 37.8. The highest BCUT2D eigenvalue weighted by atomic mass is 19.4. The third-order valence-electron chi connectivity index (χ3n) is 9.52. The molecule has 0 aliphatic heterocycles. The largest absolute Gasteiger partial charge is 0.458 e. The Bertz CT molecular complexity index is 2190. The SMILES string of the molecule is CCCCCCC1CCc2cc(-c3ccc(C(F)(F)Oc4cc(F)c(-c5cc(F)c6c(F)c(C#CC(F)(F)F)c(F)cc6c5)c(F)c4)cc3)ccc2C1. The molecule has 5 aromatic carbocycles. The Balaban J connectivity index is 1.18. The summed E-state index contributed by atoms with van der Waals surface area (Å²) in [6, 6.07) is 14.1. The highest BCUT2D eigenvalue weighted by Gasteiger charge is 2.35. The Morgan fingerprint density at radius 2 is 1.40 bits per heavy atom. The lowest BCUT2D eigenvalue weighted by Gasteiger charge is -2.25. The molecule has 6 rings (SSSR count). The number of benzene rings is 5. The summed E-state index contributed by atoms with van der Waals surface area (Å²) in [5.41, 5.74) is 0.674. The van der Waals surface area contributed by atoms with Crippen LogP contribution in [0.15, 0.2) is 72.8 Å². The van der Waals surface area contributed by atoms with E-state index in [0.717, 1.165) is 43.0 Å². The molecule has 0 amide bonds. The maximum absolute atomic E-state index is 15.3. The fourth-order valence-corrected chi connectivity index (χ4v) is 6.87. The summed E-state index contributed by atoms with van der Waals surface area (Å²) in [4.78, 5) is 0. The smallest absolute Gasteiger partial charge is 0.429 e. The van der Waals surface area contributed by atoms with Crippen molar-refractivity contribution in [3.63, 3.8) is 0 Å². The van der Waals surface area contributed by atoms with Gasteiger partial charge in [-0.1, -0.05) is 75.3 Å². The second kappa shape index (κ2) is 15.2. The van der Waals surface area contributed by atoms with Gasteiger partial charge in [0, 0.05) is 18.1 Å². The second-order valence-corrected chi connectivity index (χ2v) is 13.3. The molecule has 1 aliphatic carbocycles. The molecule has 0 radical (unpaired) electrons. The predicted molar refractivity (Wildman–Crippen MR) is 183 cm³/mol. The van der Waals surface area contributed by atoms with E-state index in [1.54, 1.807) is 0 Å².